The number of carbonyl (C=O) groups excluding carboxylic acids is 1. The van der Waals surface area contributed by atoms with E-state index in [0.717, 1.165) is 28.3 Å². The van der Waals surface area contributed by atoms with Crippen molar-refractivity contribution in [3.05, 3.63) is 34.4 Å². The molecule has 0 saturated carbocycles. The largest absolute Gasteiger partial charge is 0.351 e. The molecule has 1 amide bonds. The maximum absolute atomic E-state index is 12.3. The lowest BCUT2D eigenvalue weighted by Gasteiger charge is -2.14. The molecule has 1 aromatic carbocycles. The smallest absolute Gasteiger partial charge is 0.270 e. The van der Waals surface area contributed by atoms with Crippen LogP contribution in [0.1, 0.15) is 16.9 Å². The maximum atomic E-state index is 12.3. The predicted molar refractivity (Wildman–Crippen MR) is 74.5 cm³/mol. The minimum absolute atomic E-state index is 0.0373. The number of nitrogens with zero attached hydrogens (tertiary/aromatic N) is 1. The number of hydrogen-bond acceptors (Lipinski definition) is 2. The molecule has 3 rings (SSSR count). The second-order valence-electron chi connectivity index (χ2n) is 4.71. The molecule has 0 aliphatic carbocycles. The normalized spacial score (nSPS) is 19.7. The van der Waals surface area contributed by atoms with Gasteiger partial charge >= 0.3 is 0 Å². The van der Waals surface area contributed by atoms with Gasteiger partial charge in [0.1, 0.15) is 5.69 Å². The number of aromatic amines is 1. The number of amides is 1. The first-order chi connectivity index (χ1) is 8.63. The SMILES string of the molecule is NC1CCN(C(=O)c2cc3cc(Br)ccc3[nH]2)C1. The van der Waals surface area contributed by atoms with Gasteiger partial charge < -0.3 is 15.6 Å². The zero-order chi connectivity index (χ0) is 12.7. The highest BCUT2D eigenvalue weighted by atomic mass is 79.9. The van der Waals surface area contributed by atoms with Crippen molar-refractivity contribution in [2.75, 3.05) is 13.1 Å². The average Bonchev–Trinajstić information content (AvgIpc) is 2.93. The summed E-state index contributed by atoms with van der Waals surface area (Å²) in [6, 6.07) is 7.93. The standard InChI is InChI=1S/C13H14BrN3O/c14-9-1-2-11-8(5-9)6-12(16-11)13(18)17-4-3-10(15)7-17/h1-2,5-6,10,16H,3-4,7,15H2. The van der Waals surface area contributed by atoms with Gasteiger partial charge in [0.05, 0.1) is 0 Å². The maximum Gasteiger partial charge on any atom is 0.270 e. The summed E-state index contributed by atoms with van der Waals surface area (Å²) < 4.78 is 1.01. The number of rotatable bonds is 1. The van der Waals surface area contributed by atoms with Crippen LogP contribution in [0.5, 0.6) is 0 Å². The van der Waals surface area contributed by atoms with E-state index in [9.17, 15) is 4.79 Å². The lowest BCUT2D eigenvalue weighted by Crippen LogP contribution is -2.32. The van der Waals surface area contributed by atoms with E-state index < -0.39 is 0 Å². The molecule has 1 saturated heterocycles. The summed E-state index contributed by atoms with van der Waals surface area (Å²) in [5.41, 5.74) is 7.44. The van der Waals surface area contributed by atoms with E-state index in [1.54, 1.807) is 0 Å². The van der Waals surface area contributed by atoms with Crippen molar-refractivity contribution >= 4 is 32.7 Å². The fourth-order valence-corrected chi connectivity index (χ4v) is 2.74. The van der Waals surface area contributed by atoms with E-state index in [1.807, 2.05) is 29.2 Å². The molecule has 18 heavy (non-hydrogen) atoms. The Bertz CT molecular complexity index is 607. The van der Waals surface area contributed by atoms with Gasteiger partial charge in [0.15, 0.2) is 0 Å². The van der Waals surface area contributed by atoms with Gasteiger partial charge in [-0.1, -0.05) is 15.9 Å². The molecule has 4 nitrogen and oxygen atoms in total. The van der Waals surface area contributed by atoms with Crippen molar-refractivity contribution < 1.29 is 4.79 Å². The van der Waals surface area contributed by atoms with E-state index in [1.165, 1.54) is 0 Å². The number of nitrogens with two attached hydrogens (primary N) is 1. The Labute approximate surface area is 113 Å². The number of halogens is 1. The highest BCUT2D eigenvalue weighted by molar-refractivity contribution is 9.10. The van der Waals surface area contributed by atoms with Crippen LogP contribution in [0.25, 0.3) is 10.9 Å². The van der Waals surface area contributed by atoms with Crippen molar-refractivity contribution in [1.29, 1.82) is 0 Å². The van der Waals surface area contributed by atoms with Crippen LogP contribution in [0, 0.1) is 0 Å². The van der Waals surface area contributed by atoms with Gasteiger partial charge in [0, 0.05) is 34.5 Å². The summed E-state index contributed by atoms with van der Waals surface area (Å²) in [7, 11) is 0. The zero-order valence-electron chi connectivity index (χ0n) is 9.82. The second kappa shape index (κ2) is 4.40. The van der Waals surface area contributed by atoms with Gasteiger partial charge in [0.2, 0.25) is 0 Å². The van der Waals surface area contributed by atoms with Crippen molar-refractivity contribution in [2.45, 2.75) is 12.5 Å². The molecule has 1 aliphatic rings. The number of hydrogen-bond donors (Lipinski definition) is 2. The first-order valence-electron chi connectivity index (χ1n) is 5.96. The van der Waals surface area contributed by atoms with E-state index in [0.29, 0.717) is 12.2 Å². The first-order valence-corrected chi connectivity index (χ1v) is 6.76. The van der Waals surface area contributed by atoms with Crippen LogP contribution in [-0.2, 0) is 0 Å². The average molecular weight is 308 g/mol. The molecule has 1 unspecified atom stereocenters. The van der Waals surface area contributed by atoms with Crippen molar-refractivity contribution in [1.82, 2.24) is 9.88 Å². The number of fused-ring (bicyclic) bond motifs is 1. The Morgan fingerprint density at radius 3 is 3.00 bits per heavy atom. The van der Waals surface area contributed by atoms with Gasteiger partial charge in [-0.25, -0.2) is 0 Å². The summed E-state index contributed by atoms with van der Waals surface area (Å²) >= 11 is 3.43. The van der Waals surface area contributed by atoms with Crippen molar-refractivity contribution in [3.63, 3.8) is 0 Å². The lowest BCUT2D eigenvalue weighted by molar-refractivity contribution is 0.0786. The Kier molecular flexibility index (Phi) is 2.87. The fraction of sp³-hybridized carbons (Fsp3) is 0.308. The number of carbonyl (C=O) groups is 1. The summed E-state index contributed by atoms with van der Waals surface area (Å²) in [5.74, 6) is 0.0373. The van der Waals surface area contributed by atoms with E-state index in [2.05, 4.69) is 20.9 Å². The third kappa shape index (κ3) is 2.04. The first kappa shape index (κ1) is 11.7. The van der Waals surface area contributed by atoms with Crippen LogP contribution in [0.3, 0.4) is 0 Å². The third-order valence-electron chi connectivity index (χ3n) is 3.33. The van der Waals surface area contributed by atoms with Gasteiger partial charge in [0.25, 0.3) is 5.91 Å². The van der Waals surface area contributed by atoms with E-state index >= 15 is 0 Å². The van der Waals surface area contributed by atoms with Gasteiger partial charge in [-0.3, -0.25) is 4.79 Å². The molecule has 94 valence electrons. The minimum atomic E-state index is 0.0373. The number of H-pyrrole nitrogens is 1. The van der Waals surface area contributed by atoms with Crippen LogP contribution in [0.4, 0.5) is 0 Å². The Morgan fingerprint density at radius 1 is 1.44 bits per heavy atom. The molecule has 0 radical (unpaired) electrons. The molecule has 1 fully saturated rings. The molecule has 0 bridgehead atoms. The van der Waals surface area contributed by atoms with Crippen LogP contribution >= 0.6 is 15.9 Å². The van der Waals surface area contributed by atoms with Gasteiger partial charge in [-0.15, -0.1) is 0 Å². The Morgan fingerprint density at radius 2 is 2.28 bits per heavy atom. The van der Waals surface area contributed by atoms with Crippen molar-refractivity contribution in [2.24, 2.45) is 5.73 Å². The molecular weight excluding hydrogens is 294 g/mol. The number of benzene rings is 1. The minimum Gasteiger partial charge on any atom is -0.351 e. The fourth-order valence-electron chi connectivity index (χ4n) is 2.36. The van der Waals surface area contributed by atoms with Crippen LogP contribution in [0.2, 0.25) is 0 Å². The van der Waals surface area contributed by atoms with Crippen LogP contribution < -0.4 is 5.73 Å². The van der Waals surface area contributed by atoms with Gasteiger partial charge in [-0.2, -0.15) is 0 Å². The second-order valence-corrected chi connectivity index (χ2v) is 5.63. The summed E-state index contributed by atoms with van der Waals surface area (Å²) in [6.45, 7) is 1.40. The van der Waals surface area contributed by atoms with E-state index in [4.69, 9.17) is 5.73 Å². The lowest BCUT2D eigenvalue weighted by atomic mass is 10.2. The number of nitrogens with one attached hydrogen (secondary N) is 1. The van der Waals surface area contributed by atoms with Gasteiger partial charge in [-0.05, 0) is 30.7 Å². The summed E-state index contributed by atoms with van der Waals surface area (Å²) in [6.07, 6.45) is 0.886. The van der Waals surface area contributed by atoms with E-state index in [-0.39, 0.29) is 11.9 Å². The molecule has 2 heterocycles. The highest BCUT2D eigenvalue weighted by Gasteiger charge is 2.25. The molecule has 5 heteroatoms. The number of likely N-dealkylation sites (tertiary alicyclic amines) is 1. The highest BCUT2D eigenvalue weighted by Crippen LogP contribution is 2.22. The molecule has 1 atom stereocenters. The summed E-state index contributed by atoms with van der Waals surface area (Å²) in [4.78, 5) is 17.2. The molecule has 0 spiro atoms. The number of aromatic nitrogens is 1. The monoisotopic (exact) mass is 307 g/mol. The predicted octanol–water partition coefficient (Wildman–Crippen LogP) is 2.10. The topological polar surface area (TPSA) is 62.1 Å². The quantitative estimate of drug-likeness (QED) is 0.847. The zero-order valence-corrected chi connectivity index (χ0v) is 11.4. The van der Waals surface area contributed by atoms with Crippen LogP contribution in [0.15, 0.2) is 28.7 Å². The molecule has 3 N–H and O–H groups in total. The molecule has 1 aliphatic heterocycles. The Balaban J connectivity index is 1.92. The van der Waals surface area contributed by atoms with Crippen molar-refractivity contribution in [3.8, 4) is 0 Å². The molecule has 2 aromatic rings. The third-order valence-corrected chi connectivity index (χ3v) is 3.82. The summed E-state index contributed by atoms with van der Waals surface area (Å²) in [5, 5.41) is 1.04. The molecule has 1 aromatic heterocycles. The van der Waals surface area contributed by atoms with Crippen LogP contribution in [-0.4, -0.2) is 34.9 Å². The Hall–Kier alpha value is -1.33. The molecular formula is C13H14BrN3O.